The van der Waals surface area contributed by atoms with E-state index >= 15 is 0 Å². The number of anilines is 1. The van der Waals surface area contributed by atoms with Crippen LogP contribution in [0, 0.1) is 5.41 Å². The lowest BCUT2D eigenvalue weighted by molar-refractivity contribution is -0.941. The monoisotopic (exact) mass is 612 g/mol. The van der Waals surface area contributed by atoms with Gasteiger partial charge in [-0.15, -0.1) is 0 Å². The van der Waals surface area contributed by atoms with Crippen LogP contribution in [0.25, 0.3) is 0 Å². The summed E-state index contributed by atoms with van der Waals surface area (Å²) < 4.78 is 35.8. The van der Waals surface area contributed by atoms with Crippen LogP contribution in [0.5, 0.6) is 5.75 Å². The fourth-order valence-electron chi connectivity index (χ4n) is 7.84. The minimum Gasteiger partial charge on any atom is -0.493 e. The summed E-state index contributed by atoms with van der Waals surface area (Å²) in [6, 6.07) is 13.7. The number of fused-ring (bicyclic) bond motifs is 4. The molecule has 2 aromatic carbocycles. The van der Waals surface area contributed by atoms with Gasteiger partial charge in [0.1, 0.15) is 5.75 Å². The first-order valence-electron chi connectivity index (χ1n) is 16.6. The molecular formula is C35H54N3O4S+. The van der Waals surface area contributed by atoms with E-state index in [-0.39, 0.29) is 5.75 Å². The van der Waals surface area contributed by atoms with Gasteiger partial charge < -0.3 is 19.2 Å². The first-order valence-corrected chi connectivity index (χ1v) is 18.3. The molecule has 0 saturated carbocycles. The number of benzene rings is 2. The number of sulfone groups is 1. The molecule has 2 aromatic rings. The highest BCUT2D eigenvalue weighted by molar-refractivity contribution is 7.91. The molecule has 8 heteroatoms. The summed E-state index contributed by atoms with van der Waals surface area (Å²) in [5.74, 6) is 0.311. The van der Waals surface area contributed by atoms with Crippen molar-refractivity contribution in [1.82, 2.24) is 4.90 Å². The lowest BCUT2D eigenvalue weighted by atomic mass is 9.68. The van der Waals surface area contributed by atoms with Crippen LogP contribution in [0.1, 0.15) is 75.8 Å². The Hall–Kier alpha value is -2.13. The zero-order chi connectivity index (χ0) is 30.7. The molecule has 4 aliphatic heterocycles. The Kier molecular flexibility index (Phi) is 10.1. The first-order chi connectivity index (χ1) is 20.6. The van der Waals surface area contributed by atoms with E-state index in [1.807, 2.05) is 49.3 Å². The van der Waals surface area contributed by atoms with Gasteiger partial charge in [0.2, 0.25) is 0 Å². The van der Waals surface area contributed by atoms with Gasteiger partial charge in [0.15, 0.2) is 9.84 Å². The predicted octanol–water partition coefficient (Wildman–Crippen LogP) is 5.31. The molecule has 3 saturated heterocycles. The van der Waals surface area contributed by atoms with Gasteiger partial charge in [-0.2, -0.15) is 0 Å². The molecule has 4 aliphatic rings. The van der Waals surface area contributed by atoms with Crippen molar-refractivity contribution in [2.75, 3.05) is 77.2 Å². The van der Waals surface area contributed by atoms with Crippen LogP contribution in [-0.4, -0.2) is 101 Å². The third-order valence-corrected chi connectivity index (χ3v) is 12.6. The van der Waals surface area contributed by atoms with Gasteiger partial charge in [0.05, 0.1) is 49.5 Å². The van der Waals surface area contributed by atoms with Crippen LogP contribution in [0.15, 0.2) is 47.4 Å². The smallest absolute Gasteiger partial charge is 0.179 e. The summed E-state index contributed by atoms with van der Waals surface area (Å²) in [5, 5.41) is 12.5. The second kappa shape index (κ2) is 13.5. The molecule has 43 heavy (non-hydrogen) atoms. The van der Waals surface area contributed by atoms with Gasteiger partial charge in [-0.1, -0.05) is 51.7 Å². The molecule has 7 nitrogen and oxygen atoms in total. The van der Waals surface area contributed by atoms with Gasteiger partial charge >= 0.3 is 0 Å². The van der Waals surface area contributed by atoms with E-state index < -0.39 is 27.3 Å². The maximum Gasteiger partial charge on any atom is 0.179 e. The summed E-state index contributed by atoms with van der Waals surface area (Å²) in [4.78, 5) is 4.93. The summed E-state index contributed by atoms with van der Waals surface area (Å²) in [7, 11) is 0.312. The molecule has 1 N–H and O–H groups in total. The SMILES string of the molecule is CCCCC1(CCCC)CS(=O)(=O)c2ccc(N(C)C)cc2[C@@H](c2cccc(OCCC[N+]34CCN(CC3)CC4)c2)[C@H]1O. The third kappa shape index (κ3) is 6.92. The number of unbranched alkanes of at least 4 members (excludes halogenated alkanes) is 2. The zero-order valence-corrected chi connectivity index (χ0v) is 27.7. The van der Waals surface area contributed by atoms with E-state index in [1.165, 1.54) is 43.8 Å². The summed E-state index contributed by atoms with van der Waals surface area (Å²) in [6.45, 7) is 13.5. The molecule has 0 unspecified atom stereocenters. The minimum absolute atomic E-state index is 0.0140. The molecule has 2 atom stereocenters. The molecule has 2 bridgehead atoms. The number of hydrogen-bond acceptors (Lipinski definition) is 6. The Bertz CT molecular complexity index is 1310. The third-order valence-electron chi connectivity index (χ3n) is 10.6. The van der Waals surface area contributed by atoms with Crippen LogP contribution >= 0.6 is 0 Å². The molecule has 0 aliphatic carbocycles. The van der Waals surface area contributed by atoms with E-state index in [0.717, 1.165) is 55.6 Å². The summed E-state index contributed by atoms with van der Waals surface area (Å²) >= 11 is 0. The van der Waals surface area contributed by atoms with E-state index in [2.05, 4.69) is 24.8 Å². The number of quaternary nitrogens is 1. The lowest BCUT2D eigenvalue weighted by Crippen LogP contribution is -2.67. The molecule has 4 heterocycles. The van der Waals surface area contributed by atoms with Gasteiger partial charge in [0, 0.05) is 57.2 Å². The highest BCUT2D eigenvalue weighted by Gasteiger charge is 2.49. The van der Waals surface area contributed by atoms with Crippen molar-refractivity contribution < 1.29 is 22.7 Å². The van der Waals surface area contributed by atoms with E-state index in [1.54, 1.807) is 6.07 Å². The van der Waals surface area contributed by atoms with Crippen molar-refractivity contribution in [3.05, 3.63) is 53.6 Å². The van der Waals surface area contributed by atoms with Crippen molar-refractivity contribution >= 4 is 15.5 Å². The predicted molar refractivity (Wildman–Crippen MR) is 175 cm³/mol. The Morgan fingerprint density at radius 2 is 1.65 bits per heavy atom. The van der Waals surface area contributed by atoms with Crippen molar-refractivity contribution in [3.8, 4) is 5.75 Å². The van der Waals surface area contributed by atoms with Gasteiger partial charge in [0.25, 0.3) is 0 Å². The Labute approximate surface area is 260 Å². The number of rotatable bonds is 13. The largest absolute Gasteiger partial charge is 0.493 e. The number of aliphatic hydroxyl groups excluding tert-OH is 1. The van der Waals surface area contributed by atoms with Crippen molar-refractivity contribution in [2.45, 2.75) is 75.7 Å². The standard InChI is InChI=1S/C35H54N3O4S/c1-5-7-15-35(16-8-6-2)27-43(40,41)32-14-13-29(36(3)4)26-31(32)33(34(35)39)28-11-9-12-30(25-28)42-24-10-20-38-21-17-37(18-22-38)19-23-38/h9,11-14,25-26,33-34,39H,5-8,10,15-24,27H2,1-4H3/q+1/t33-,34-/m1/s1. The number of ether oxygens (including phenoxy) is 1. The minimum atomic E-state index is -3.62. The van der Waals surface area contributed by atoms with E-state index in [4.69, 9.17) is 4.74 Å². The fraction of sp³-hybridized carbons (Fsp3) is 0.657. The Morgan fingerprint density at radius 3 is 2.28 bits per heavy atom. The van der Waals surface area contributed by atoms with Crippen molar-refractivity contribution in [2.24, 2.45) is 5.41 Å². The number of hydrogen-bond donors (Lipinski definition) is 1. The van der Waals surface area contributed by atoms with Crippen molar-refractivity contribution in [3.63, 3.8) is 0 Å². The van der Waals surface area contributed by atoms with Crippen LogP contribution in [-0.2, 0) is 9.84 Å². The number of piperazine rings is 3. The van der Waals surface area contributed by atoms with E-state index in [9.17, 15) is 13.5 Å². The summed E-state index contributed by atoms with van der Waals surface area (Å²) in [6.07, 6.45) is 5.29. The molecule has 3 fully saturated rings. The maximum absolute atomic E-state index is 14.1. The van der Waals surface area contributed by atoms with Gasteiger partial charge in [-0.25, -0.2) is 8.42 Å². The quantitative estimate of drug-likeness (QED) is 0.244. The highest BCUT2D eigenvalue weighted by atomic mass is 32.2. The number of aliphatic hydroxyl groups is 1. The lowest BCUT2D eigenvalue weighted by Gasteiger charge is -2.50. The molecule has 0 radical (unpaired) electrons. The van der Waals surface area contributed by atoms with E-state index in [0.29, 0.717) is 29.9 Å². The number of nitrogens with zero attached hydrogens (tertiary/aromatic N) is 3. The van der Waals surface area contributed by atoms with Crippen LogP contribution in [0.4, 0.5) is 5.69 Å². The Morgan fingerprint density at radius 1 is 0.977 bits per heavy atom. The van der Waals surface area contributed by atoms with Gasteiger partial charge in [-0.3, -0.25) is 4.90 Å². The topological polar surface area (TPSA) is 70.1 Å². The summed E-state index contributed by atoms with van der Waals surface area (Å²) in [5.41, 5.74) is 1.84. The maximum atomic E-state index is 14.1. The van der Waals surface area contributed by atoms with Crippen LogP contribution < -0.4 is 9.64 Å². The molecule has 6 rings (SSSR count). The normalized spacial score (nSPS) is 27.3. The van der Waals surface area contributed by atoms with Crippen LogP contribution in [0.2, 0.25) is 0 Å². The van der Waals surface area contributed by atoms with Crippen LogP contribution in [0.3, 0.4) is 0 Å². The first kappa shape index (κ1) is 32.3. The van der Waals surface area contributed by atoms with Crippen molar-refractivity contribution in [1.29, 1.82) is 0 Å². The molecule has 0 spiro atoms. The second-order valence-electron chi connectivity index (χ2n) is 13.7. The second-order valence-corrected chi connectivity index (χ2v) is 15.7. The molecule has 0 aromatic heterocycles. The molecule has 0 amide bonds. The Balaban J connectivity index is 1.47. The average Bonchev–Trinajstić information content (AvgIpc) is 3.08. The molecule has 238 valence electrons. The molecular weight excluding hydrogens is 558 g/mol. The highest BCUT2D eigenvalue weighted by Crippen LogP contribution is 2.50. The average molecular weight is 613 g/mol. The fourth-order valence-corrected chi connectivity index (χ4v) is 10.0. The zero-order valence-electron chi connectivity index (χ0n) is 26.9. The van der Waals surface area contributed by atoms with Gasteiger partial charge in [-0.05, 0) is 54.3 Å².